The maximum absolute atomic E-state index is 12.4. The number of carboxylic acid groups (broad SMARTS) is 1. The van der Waals surface area contributed by atoms with Crippen LogP contribution in [0.15, 0.2) is 30.3 Å². The molecule has 0 spiro atoms. The lowest BCUT2D eigenvalue weighted by Crippen LogP contribution is -2.49. The monoisotopic (exact) mass is 344 g/mol. The van der Waals surface area contributed by atoms with Crippen molar-refractivity contribution in [2.24, 2.45) is 5.92 Å². The van der Waals surface area contributed by atoms with Gasteiger partial charge in [0.1, 0.15) is 0 Å². The molecule has 3 N–H and O–H groups in total. The number of nitrogens with one attached hydrogen (secondary N) is 2. The number of amides is 2. The van der Waals surface area contributed by atoms with E-state index in [-0.39, 0.29) is 24.0 Å². The molecule has 1 aromatic carbocycles. The summed E-state index contributed by atoms with van der Waals surface area (Å²) in [6.45, 7) is 0. The maximum atomic E-state index is 12.4. The van der Waals surface area contributed by atoms with E-state index >= 15 is 0 Å². The summed E-state index contributed by atoms with van der Waals surface area (Å²) < 4.78 is 0. The number of hydrogen-bond donors (Lipinski definition) is 3. The van der Waals surface area contributed by atoms with Gasteiger partial charge in [-0.3, -0.25) is 4.79 Å². The van der Waals surface area contributed by atoms with Gasteiger partial charge in [-0.25, -0.2) is 4.79 Å². The highest BCUT2D eigenvalue weighted by molar-refractivity contribution is 5.75. The van der Waals surface area contributed by atoms with Gasteiger partial charge in [0.05, 0.1) is 5.92 Å². The van der Waals surface area contributed by atoms with Crippen molar-refractivity contribution in [1.29, 1.82) is 0 Å². The van der Waals surface area contributed by atoms with Gasteiger partial charge in [0.2, 0.25) is 0 Å². The van der Waals surface area contributed by atoms with Crippen LogP contribution in [0.2, 0.25) is 0 Å². The minimum absolute atomic E-state index is 0.0920. The van der Waals surface area contributed by atoms with E-state index in [1.807, 2.05) is 6.07 Å². The Bertz CT molecular complexity index is 582. The van der Waals surface area contributed by atoms with Gasteiger partial charge < -0.3 is 15.7 Å². The molecule has 2 saturated carbocycles. The lowest BCUT2D eigenvalue weighted by Gasteiger charge is -2.34. The summed E-state index contributed by atoms with van der Waals surface area (Å²) in [4.78, 5) is 23.5. The number of carboxylic acids is 1. The Balaban J connectivity index is 1.52. The third-order valence-corrected chi connectivity index (χ3v) is 5.72. The fraction of sp³-hybridized carbons (Fsp3) is 0.600. The van der Waals surface area contributed by atoms with Crippen molar-refractivity contribution in [1.82, 2.24) is 10.6 Å². The Hall–Kier alpha value is -2.04. The first-order valence-corrected chi connectivity index (χ1v) is 9.48. The standard InChI is InChI=1S/C20H28N2O3/c23-19(24)15-10-12-16(13-11-15)21-20(25)22-18-9-5-4-8-17(18)14-6-2-1-3-7-14/h1-3,6-7,15-18H,4-5,8-13H2,(H,23,24)(H2,21,22,25). The molecule has 0 radical (unpaired) electrons. The van der Waals surface area contributed by atoms with Crippen LogP contribution < -0.4 is 10.6 Å². The molecule has 2 unspecified atom stereocenters. The third kappa shape index (κ3) is 4.74. The molecule has 2 fully saturated rings. The van der Waals surface area contributed by atoms with E-state index in [2.05, 4.69) is 34.9 Å². The van der Waals surface area contributed by atoms with Crippen LogP contribution in [-0.2, 0) is 4.79 Å². The lowest BCUT2D eigenvalue weighted by molar-refractivity contribution is -0.142. The van der Waals surface area contributed by atoms with Crippen LogP contribution in [0.3, 0.4) is 0 Å². The van der Waals surface area contributed by atoms with E-state index in [1.54, 1.807) is 0 Å². The molecule has 0 saturated heterocycles. The minimum atomic E-state index is -0.712. The van der Waals surface area contributed by atoms with Gasteiger partial charge in [-0.05, 0) is 44.1 Å². The highest BCUT2D eigenvalue weighted by Gasteiger charge is 2.30. The van der Waals surface area contributed by atoms with Crippen LogP contribution in [0, 0.1) is 5.92 Å². The van der Waals surface area contributed by atoms with Crippen molar-refractivity contribution in [3.8, 4) is 0 Å². The molecule has 2 amide bonds. The number of rotatable bonds is 4. The second-order valence-corrected chi connectivity index (χ2v) is 7.41. The van der Waals surface area contributed by atoms with Gasteiger partial charge >= 0.3 is 12.0 Å². The Morgan fingerprint density at radius 1 is 0.880 bits per heavy atom. The number of hydrogen-bond acceptors (Lipinski definition) is 2. The van der Waals surface area contributed by atoms with Crippen molar-refractivity contribution in [3.05, 3.63) is 35.9 Å². The van der Waals surface area contributed by atoms with Crippen LogP contribution in [0.1, 0.15) is 62.8 Å². The molecule has 0 heterocycles. The summed E-state index contributed by atoms with van der Waals surface area (Å²) >= 11 is 0. The van der Waals surface area contributed by atoms with Crippen molar-refractivity contribution >= 4 is 12.0 Å². The largest absolute Gasteiger partial charge is 0.481 e. The summed E-state index contributed by atoms with van der Waals surface area (Å²) in [5.41, 5.74) is 1.30. The summed E-state index contributed by atoms with van der Waals surface area (Å²) in [6, 6.07) is 10.6. The molecule has 5 heteroatoms. The predicted molar refractivity (Wildman–Crippen MR) is 96.5 cm³/mol. The average molecular weight is 344 g/mol. The molecule has 3 rings (SSSR count). The Morgan fingerprint density at radius 2 is 1.56 bits per heavy atom. The van der Waals surface area contributed by atoms with Crippen molar-refractivity contribution in [2.75, 3.05) is 0 Å². The summed E-state index contributed by atoms with van der Waals surface area (Å²) in [5, 5.41) is 15.3. The first-order chi connectivity index (χ1) is 12.1. The average Bonchev–Trinajstić information content (AvgIpc) is 2.63. The number of carbonyl (C=O) groups is 2. The molecule has 2 aliphatic carbocycles. The maximum Gasteiger partial charge on any atom is 0.315 e. The molecule has 136 valence electrons. The summed E-state index contributed by atoms with van der Waals surface area (Å²) in [7, 11) is 0. The molecule has 2 atom stereocenters. The fourth-order valence-electron chi connectivity index (χ4n) is 4.28. The number of carbonyl (C=O) groups excluding carboxylic acids is 1. The van der Waals surface area contributed by atoms with Gasteiger partial charge in [0.15, 0.2) is 0 Å². The zero-order chi connectivity index (χ0) is 17.6. The SMILES string of the molecule is O=C(NC1CCC(C(=O)O)CC1)NC1CCCCC1c1ccccc1. The Labute approximate surface area is 149 Å². The van der Waals surface area contributed by atoms with Crippen LogP contribution in [0.5, 0.6) is 0 Å². The zero-order valence-corrected chi connectivity index (χ0v) is 14.6. The first-order valence-electron chi connectivity index (χ1n) is 9.48. The molecule has 5 nitrogen and oxygen atoms in total. The molecule has 0 bridgehead atoms. The van der Waals surface area contributed by atoms with Crippen LogP contribution in [0.25, 0.3) is 0 Å². The second kappa shape index (κ2) is 8.37. The minimum Gasteiger partial charge on any atom is -0.481 e. The van der Waals surface area contributed by atoms with Gasteiger partial charge in [-0.15, -0.1) is 0 Å². The molecule has 2 aliphatic rings. The van der Waals surface area contributed by atoms with E-state index in [4.69, 9.17) is 5.11 Å². The zero-order valence-electron chi connectivity index (χ0n) is 14.6. The molecule has 0 aliphatic heterocycles. The number of aliphatic carboxylic acids is 1. The normalized spacial score (nSPS) is 29.6. The summed E-state index contributed by atoms with van der Waals surface area (Å²) in [6.07, 6.45) is 7.27. The number of benzene rings is 1. The second-order valence-electron chi connectivity index (χ2n) is 7.41. The Morgan fingerprint density at radius 3 is 2.24 bits per heavy atom. The topological polar surface area (TPSA) is 78.4 Å². The van der Waals surface area contributed by atoms with Crippen LogP contribution in [0.4, 0.5) is 4.79 Å². The van der Waals surface area contributed by atoms with Crippen LogP contribution in [-0.4, -0.2) is 29.2 Å². The number of urea groups is 1. The molecular weight excluding hydrogens is 316 g/mol. The molecule has 1 aromatic rings. The van der Waals surface area contributed by atoms with Crippen molar-refractivity contribution in [3.63, 3.8) is 0 Å². The molecule has 25 heavy (non-hydrogen) atoms. The van der Waals surface area contributed by atoms with Crippen molar-refractivity contribution < 1.29 is 14.7 Å². The third-order valence-electron chi connectivity index (χ3n) is 5.72. The van der Waals surface area contributed by atoms with E-state index < -0.39 is 5.97 Å². The lowest BCUT2D eigenvalue weighted by atomic mass is 9.80. The highest BCUT2D eigenvalue weighted by atomic mass is 16.4. The van der Waals surface area contributed by atoms with Gasteiger partial charge in [-0.2, -0.15) is 0 Å². The highest BCUT2D eigenvalue weighted by Crippen LogP contribution is 2.33. The Kier molecular flexibility index (Phi) is 5.95. The van der Waals surface area contributed by atoms with Crippen LogP contribution >= 0.6 is 0 Å². The smallest absolute Gasteiger partial charge is 0.315 e. The fourth-order valence-corrected chi connectivity index (χ4v) is 4.28. The van der Waals surface area contributed by atoms with E-state index in [0.717, 1.165) is 32.1 Å². The first kappa shape index (κ1) is 17.8. The van der Waals surface area contributed by atoms with Gasteiger partial charge in [0, 0.05) is 18.0 Å². The van der Waals surface area contributed by atoms with Crippen molar-refractivity contribution in [2.45, 2.75) is 69.4 Å². The molecule has 0 aromatic heterocycles. The van der Waals surface area contributed by atoms with E-state index in [0.29, 0.717) is 18.8 Å². The van der Waals surface area contributed by atoms with E-state index in [9.17, 15) is 9.59 Å². The predicted octanol–water partition coefficient (Wildman–Crippen LogP) is 3.66. The summed E-state index contributed by atoms with van der Waals surface area (Å²) in [5.74, 6) is -0.582. The van der Waals surface area contributed by atoms with Gasteiger partial charge in [0.25, 0.3) is 0 Å². The van der Waals surface area contributed by atoms with E-state index in [1.165, 1.54) is 12.0 Å². The molecular formula is C20H28N2O3. The van der Waals surface area contributed by atoms with Gasteiger partial charge in [-0.1, -0.05) is 43.2 Å². The quantitative estimate of drug-likeness (QED) is 0.780.